The summed E-state index contributed by atoms with van der Waals surface area (Å²) < 4.78 is 99.8. The number of sulfonamides is 1. The van der Waals surface area contributed by atoms with Crippen molar-refractivity contribution < 1.29 is 50.1 Å². The van der Waals surface area contributed by atoms with Gasteiger partial charge in [-0.05, 0) is 48.4 Å². The Morgan fingerprint density at radius 2 is 2.00 bits per heavy atom. The lowest BCUT2D eigenvalue weighted by molar-refractivity contribution is -0.141. The Balaban J connectivity index is 1.82. The van der Waals surface area contributed by atoms with Gasteiger partial charge in [0.25, 0.3) is 10.0 Å². The molecule has 1 aliphatic rings. The van der Waals surface area contributed by atoms with E-state index in [1.807, 2.05) is 0 Å². The number of ether oxygens (including phenoxy) is 3. The van der Waals surface area contributed by atoms with Crippen molar-refractivity contribution in [1.29, 1.82) is 0 Å². The van der Waals surface area contributed by atoms with Crippen molar-refractivity contribution in [1.82, 2.24) is 4.98 Å². The molecule has 0 unspecified atom stereocenters. The molecule has 3 aromatic rings. The van der Waals surface area contributed by atoms with E-state index >= 15 is 0 Å². The summed E-state index contributed by atoms with van der Waals surface area (Å²) in [6.07, 6.45) is -2.62. The predicted molar refractivity (Wildman–Crippen MR) is 149 cm³/mol. The van der Waals surface area contributed by atoms with Crippen LogP contribution in [0.5, 0.6) is 11.6 Å². The van der Waals surface area contributed by atoms with Crippen molar-refractivity contribution in [3.8, 4) is 11.6 Å². The Hall–Kier alpha value is -3.88. The minimum absolute atomic E-state index is 0.0281. The smallest absolute Gasteiger partial charge is 0.417 e. The molecule has 1 aromatic heterocycles. The Labute approximate surface area is 249 Å². The number of aliphatic hydroxyl groups is 1. The minimum Gasteiger partial charge on any atom is -0.486 e. The lowest BCUT2D eigenvalue weighted by Gasteiger charge is -2.36. The van der Waals surface area contributed by atoms with E-state index in [0.717, 1.165) is 4.31 Å². The fourth-order valence-electron chi connectivity index (χ4n) is 4.18. The van der Waals surface area contributed by atoms with E-state index in [4.69, 9.17) is 26.2 Å². The maximum atomic E-state index is 14.3. The van der Waals surface area contributed by atoms with Gasteiger partial charge in [-0.3, -0.25) is 9.10 Å². The summed E-state index contributed by atoms with van der Waals surface area (Å²) in [6, 6.07) is 8.94. The summed E-state index contributed by atoms with van der Waals surface area (Å²) >= 11 is 6.09. The van der Waals surface area contributed by atoms with Crippen molar-refractivity contribution >= 4 is 45.4 Å². The highest BCUT2D eigenvalue weighted by Gasteiger charge is 2.39. The number of pyridine rings is 1. The molecule has 15 heteroatoms. The molecule has 1 aliphatic heterocycles. The van der Waals surface area contributed by atoms with E-state index in [2.05, 4.69) is 9.72 Å². The van der Waals surface area contributed by atoms with Crippen LogP contribution in [0.15, 0.2) is 53.6 Å². The number of alkyl halides is 3. The molecule has 4 rings (SSSR count). The average Bonchev–Trinajstić information content (AvgIpc) is 2.97. The first-order valence-electron chi connectivity index (χ1n) is 12.7. The van der Waals surface area contributed by atoms with Gasteiger partial charge in [-0.15, -0.1) is 0 Å². The van der Waals surface area contributed by atoms with Crippen LogP contribution < -0.4 is 13.8 Å². The number of benzene rings is 2. The topological polar surface area (TPSA) is 115 Å². The maximum absolute atomic E-state index is 14.3. The third-order valence-electron chi connectivity index (χ3n) is 6.30. The average molecular weight is 645 g/mol. The van der Waals surface area contributed by atoms with Crippen LogP contribution in [-0.4, -0.2) is 57.4 Å². The highest BCUT2D eigenvalue weighted by Crippen LogP contribution is 2.41. The molecule has 1 atom stereocenters. The number of fused-ring (bicyclic) bond motifs is 1. The number of rotatable bonds is 10. The Morgan fingerprint density at radius 3 is 2.67 bits per heavy atom. The van der Waals surface area contributed by atoms with Crippen LogP contribution in [-0.2, 0) is 25.7 Å². The van der Waals surface area contributed by atoms with Gasteiger partial charge in [0.2, 0.25) is 5.88 Å². The number of aromatic nitrogens is 1. The van der Waals surface area contributed by atoms with Crippen LogP contribution >= 0.6 is 11.6 Å². The SMILES string of the molecule is COC(=O)CC[C@H]1CN(S(=O)(=O)c2cc(C(F)(F)F)cnc2OCCO)c2cc(/C=C/c3c(F)cccc3Cl)ccc2O1. The molecule has 1 N–H and O–H groups in total. The zero-order valence-corrected chi connectivity index (χ0v) is 24.0. The first-order valence-corrected chi connectivity index (χ1v) is 14.5. The van der Waals surface area contributed by atoms with E-state index in [0.29, 0.717) is 17.8 Å². The van der Waals surface area contributed by atoms with Crippen LogP contribution in [0.25, 0.3) is 12.2 Å². The van der Waals surface area contributed by atoms with Crippen molar-refractivity contribution in [3.05, 3.63) is 76.2 Å². The van der Waals surface area contributed by atoms with E-state index in [1.54, 1.807) is 6.07 Å². The molecular weight excluding hydrogens is 620 g/mol. The van der Waals surface area contributed by atoms with Crippen molar-refractivity contribution in [3.63, 3.8) is 0 Å². The van der Waals surface area contributed by atoms with Crippen molar-refractivity contribution in [2.45, 2.75) is 30.0 Å². The zero-order valence-electron chi connectivity index (χ0n) is 22.5. The quantitative estimate of drug-likeness (QED) is 0.179. The number of esters is 1. The van der Waals surface area contributed by atoms with Gasteiger partial charge in [0, 0.05) is 18.2 Å². The molecule has 0 bridgehead atoms. The van der Waals surface area contributed by atoms with E-state index in [9.17, 15) is 30.8 Å². The predicted octanol–water partition coefficient (Wildman–Crippen LogP) is 5.34. The van der Waals surface area contributed by atoms with Gasteiger partial charge >= 0.3 is 12.1 Å². The number of hydrogen-bond donors (Lipinski definition) is 1. The largest absolute Gasteiger partial charge is 0.486 e. The Morgan fingerprint density at radius 1 is 1.23 bits per heavy atom. The molecule has 230 valence electrons. The molecule has 0 radical (unpaired) electrons. The number of aliphatic hydroxyl groups excluding tert-OH is 1. The summed E-state index contributed by atoms with van der Waals surface area (Å²) in [5.74, 6) is -1.75. The molecule has 43 heavy (non-hydrogen) atoms. The fraction of sp³-hybridized carbons (Fsp3) is 0.286. The second kappa shape index (κ2) is 13.2. The van der Waals surface area contributed by atoms with Crippen molar-refractivity contribution in [2.75, 3.05) is 31.2 Å². The summed E-state index contributed by atoms with van der Waals surface area (Å²) in [6.45, 7) is -1.38. The lowest BCUT2D eigenvalue weighted by atomic mass is 10.1. The number of nitrogens with zero attached hydrogens (tertiary/aromatic N) is 2. The number of hydrogen-bond acceptors (Lipinski definition) is 8. The van der Waals surface area contributed by atoms with Crippen LogP contribution in [0, 0.1) is 5.82 Å². The van der Waals surface area contributed by atoms with E-state index in [1.165, 1.54) is 49.6 Å². The van der Waals surface area contributed by atoms with E-state index in [-0.39, 0.29) is 34.9 Å². The van der Waals surface area contributed by atoms with Gasteiger partial charge < -0.3 is 19.3 Å². The highest BCUT2D eigenvalue weighted by molar-refractivity contribution is 7.93. The van der Waals surface area contributed by atoms with Crippen molar-refractivity contribution in [2.24, 2.45) is 0 Å². The second-order valence-electron chi connectivity index (χ2n) is 9.18. The fourth-order valence-corrected chi connectivity index (χ4v) is 6.02. The van der Waals surface area contributed by atoms with Gasteiger partial charge in [-0.1, -0.05) is 29.8 Å². The molecule has 2 aromatic carbocycles. The first-order chi connectivity index (χ1) is 20.3. The van der Waals surface area contributed by atoms with Gasteiger partial charge in [-0.25, -0.2) is 17.8 Å². The molecular formula is C28H25ClF4N2O7S. The van der Waals surface area contributed by atoms with Gasteiger partial charge in [-0.2, -0.15) is 13.2 Å². The number of halogens is 5. The Kier molecular flexibility index (Phi) is 9.82. The molecule has 0 saturated carbocycles. The number of carbonyl (C=O) groups is 1. The summed E-state index contributed by atoms with van der Waals surface area (Å²) in [7, 11) is -3.64. The lowest BCUT2D eigenvalue weighted by Crippen LogP contribution is -2.44. The maximum Gasteiger partial charge on any atom is 0.417 e. The highest BCUT2D eigenvalue weighted by atomic mass is 35.5. The number of methoxy groups -OCH3 is 1. The second-order valence-corrected chi connectivity index (χ2v) is 11.4. The Bertz CT molecular complexity index is 1610. The number of carbonyl (C=O) groups excluding carboxylic acids is 1. The summed E-state index contributed by atoms with van der Waals surface area (Å²) in [5.41, 5.74) is -0.904. The third kappa shape index (κ3) is 7.37. The molecule has 0 saturated heterocycles. The van der Waals surface area contributed by atoms with Crippen LogP contribution in [0.3, 0.4) is 0 Å². The number of anilines is 1. The molecule has 2 heterocycles. The monoisotopic (exact) mass is 644 g/mol. The molecule has 0 spiro atoms. The normalized spacial score (nSPS) is 15.2. The van der Waals surface area contributed by atoms with Gasteiger partial charge in [0.1, 0.15) is 24.3 Å². The minimum atomic E-state index is -4.93. The van der Waals surface area contributed by atoms with Crippen LogP contribution in [0.1, 0.15) is 29.5 Å². The zero-order chi connectivity index (χ0) is 31.4. The summed E-state index contributed by atoms with van der Waals surface area (Å²) in [4.78, 5) is 14.4. The first kappa shape index (κ1) is 32.0. The van der Waals surface area contributed by atoms with Gasteiger partial charge in [0.15, 0.2) is 4.90 Å². The summed E-state index contributed by atoms with van der Waals surface area (Å²) in [5, 5.41) is 9.30. The molecule has 0 amide bonds. The van der Waals surface area contributed by atoms with Crippen LogP contribution in [0.2, 0.25) is 5.02 Å². The molecule has 0 aliphatic carbocycles. The van der Waals surface area contributed by atoms with E-state index < -0.39 is 70.2 Å². The van der Waals surface area contributed by atoms with Gasteiger partial charge in [0.05, 0.1) is 36.5 Å². The standard InChI is InChI=1S/C28H25ClF4N2O7S/c1-40-26(37)10-7-19-16-35(43(38,39)25-14-18(28(31,32)33)15-34-27(25)41-12-11-36)23-13-17(6-9-24(23)42-19)5-8-20-21(29)3-2-4-22(20)30/h2-6,8-9,13-15,19,36H,7,10-12,16H2,1H3/b8-5+/t19-/m0/s1. The molecule has 0 fully saturated rings. The molecule has 9 nitrogen and oxygen atoms in total. The van der Waals surface area contributed by atoms with Crippen LogP contribution in [0.4, 0.5) is 23.2 Å². The third-order valence-corrected chi connectivity index (χ3v) is 8.40.